The third-order valence-corrected chi connectivity index (χ3v) is 2.65. The molecule has 2 heterocycles. The molecule has 0 aliphatic carbocycles. The molecular formula is C9H13N3O2. The maximum Gasteiger partial charge on any atom is 0.267 e. The van der Waals surface area contributed by atoms with Crippen molar-refractivity contribution in [2.75, 3.05) is 13.6 Å². The zero-order valence-electron chi connectivity index (χ0n) is 8.28. The molecule has 1 aromatic heterocycles. The third kappa shape index (κ3) is 1.34. The predicted molar refractivity (Wildman–Crippen MR) is 51.0 cm³/mol. The van der Waals surface area contributed by atoms with Crippen LogP contribution in [0.5, 0.6) is 0 Å². The van der Waals surface area contributed by atoms with Gasteiger partial charge in [0.2, 0.25) is 5.91 Å². The minimum Gasteiger partial charge on any atom is -0.345 e. The first-order valence-electron chi connectivity index (χ1n) is 4.57. The summed E-state index contributed by atoms with van der Waals surface area (Å²) in [6.45, 7) is 0.645. The zero-order chi connectivity index (χ0) is 10.3. The Balaban J connectivity index is 2.29. The molecule has 2 rings (SSSR count). The molecule has 1 N–H and O–H groups in total. The van der Waals surface area contributed by atoms with Gasteiger partial charge in [0.25, 0.3) is 5.56 Å². The van der Waals surface area contributed by atoms with Gasteiger partial charge in [0, 0.05) is 44.7 Å². The van der Waals surface area contributed by atoms with Gasteiger partial charge in [0.05, 0.1) is 0 Å². The van der Waals surface area contributed by atoms with Crippen molar-refractivity contribution in [3.8, 4) is 0 Å². The summed E-state index contributed by atoms with van der Waals surface area (Å²) in [6, 6.07) is 0. The molecule has 14 heavy (non-hydrogen) atoms. The lowest BCUT2D eigenvalue weighted by Gasteiger charge is -2.07. The van der Waals surface area contributed by atoms with Crippen LogP contribution in [0, 0.1) is 0 Å². The van der Waals surface area contributed by atoms with Crippen molar-refractivity contribution in [3.63, 3.8) is 0 Å². The summed E-state index contributed by atoms with van der Waals surface area (Å²) in [5.74, 6) is 0.163. The second-order valence-corrected chi connectivity index (χ2v) is 3.81. The first-order chi connectivity index (χ1) is 6.58. The Morgan fingerprint density at radius 1 is 1.43 bits per heavy atom. The first-order valence-corrected chi connectivity index (χ1v) is 4.57. The van der Waals surface area contributed by atoms with E-state index in [4.69, 9.17) is 0 Å². The molecule has 1 atom stereocenters. The molecule has 1 aliphatic heterocycles. The van der Waals surface area contributed by atoms with Crippen LogP contribution in [-0.2, 0) is 11.8 Å². The summed E-state index contributed by atoms with van der Waals surface area (Å²) < 4.78 is 1.63. The first kappa shape index (κ1) is 9.05. The molecule has 0 bridgehead atoms. The molecule has 0 aromatic carbocycles. The van der Waals surface area contributed by atoms with Gasteiger partial charge in [-0.25, -0.2) is 0 Å². The van der Waals surface area contributed by atoms with E-state index in [0.717, 1.165) is 0 Å². The van der Waals surface area contributed by atoms with Crippen LogP contribution in [-0.4, -0.2) is 34.2 Å². The summed E-state index contributed by atoms with van der Waals surface area (Å²) in [4.78, 5) is 24.4. The highest BCUT2D eigenvalue weighted by Gasteiger charge is 2.30. The smallest absolute Gasteiger partial charge is 0.267 e. The molecule has 5 heteroatoms. The highest BCUT2D eigenvalue weighted by Crippen LogP contribution is 2.24. The van der Waals surface area contributed by atoms with Crippen molar-refractivity contribution < 1.29 is 4.79 Å². The number of carbonyl (C=O) groups excluding carboxylic acids is 1. The van der Waals surface area contributed by atoms with Crippen molar-refractivity contribution in [3.05, 3.63) is 22.1 Å². The standard InChI is InChI=1S/C9H13N3O2/c1-11-4-6(3-8(11)13)7-5-12(2)10-9(7)14/h5-6H,3-4H2,1-2H3,(H,10,14). The second-order valence-electron chi connectivity index (χ2n) is 3.81. The summed E-state index contributed by atoms with van der Waals surface area (Å²) in [6.07, 6.45) is 2.21. The Bertz CT molecular complexity index is 418. The number of nitrogens with one attached hydrogen (secondary N) is 1. The Labute approximate surface area is 81.3 Å². The second kappa shape index (κ2) is 3.01. The fourth-order valence-electron chi connectivity index (χ4n) is 1.89. The molecule has 1 fully saturated rings. The van der Waals surface area contributed by atoms with E-state index >= 15 is 0 Å². The topological polar surface area (TPSA) is 58.1 Å². The van der Waals surface area contributed by atoms with E-state index in [-0.39, 0.29) is 17.4 Å². The average Bonchev–Trinajstić information content (AvgIpc) is 2.57. The number of nitrogens with zero attached hydrogens (tertiary/aromatic N) is 2. The molecule has 1 unspecified atom stereocenters. The highest BCUT2D eigenvalue weighted by molar-refractivity contribution is 5.79. The number of hydrogen-bond acceptors (Lipinski definition) is 2. The number of likely N-dealkylation sites (tertiary alicyclic amines) is 1. The lowest BCUT2D eigenvalue weighted by atomic mass is 10.0. The van der Waals surface area contributed by atoms with E-state index in [0.29, 0.717) is 18.5 Å². The predicted octanol–water partition coefficient (Wildman–Crippen LogP) is -0.341. The van der Waals surface area contributed by atoms with Gasteiger partial charge in [0.15, 0.2) is 0 Å². The maximum atomic E-state index is 11.4. The number of amides is 1. The molecule has 0 spiro atoms. The molecule has 0 radical (unpaired) electrons. The lowest BCUT2D eigenvalue weighted by Crippen LogP contribution is -2.19. The Kier molecular flexibility index (Phi) is 1.94. The van der Waals surface area contributed by atoms with Crippen LogP contribution in [0.4, 0.5) is 0 Å². The van der Waals surface area contributed by atoms with Crippen molar-refractivity contribution in [2.45, 2.75) is 12.3 Å². The van der Waals surface area contributed by atoms with E-state index in [1.165, 1.54) is 0 Å². The van der Waals surface area contributed by atoms with Crippen molar-refractivity contribution >= 4 is 5.91 Å². The summed E-state index contributed by atoms with van der Waals surface area (Å²) in [5.41, 5.74) is 0.630. The molecule has 0 saturated carbocycles. The largest absolute Gasteiger partial charge is 0.345 e. The molecule has 1 amide bonds. The van der Waals surface area contributed by atoms with Gasteiger partial charge in [-0.15, -0.1) is 0 Å². The third-order valence-electron chi connectivity index (χ3n) is 2.65. The number of aromatic amines is 1. The maximum absolute atomic E-state index is 11.4. The van der Waals surface area contributed by atoms with Crippen molar-refractivity contribution in [2.24, 2.45) is 7.05 Å². The van der Waals surface area contributed by atoms with Crippen LogP contribution in [0.2, 0.25) is 0 Å². The Morgan fingerprint density at radius 2 is 2.14 bits per heavy atom. The van der Waals surface area contributed by atoms with E-state index in [9.17, 15) is 9.59 Å². The molecular weight excluding hydrogens is 182 g/mol. The van der Waals surface area contributed by atoms with E-state index in [1.54, 1.807) is 29.9 Å². The number of H-pyrrole nitrogens is 1. The minimum atomic E-state index is -0.0828. The molecule has 5 nitrogen and oxygen atoms in total. The van der Waals surface area contributed by atoms with Gasteiger partial charge in [0.1, 0.15) is 0 Å². The quantitative estimate of drug-likeness (QED) is 0.666. The lowest BCUT2D eigenvalue weighted by molar-refractivity contribution is -0.126. The normalized spacial score (nSPS) is 22.0. The fraction of sp³-hybridized carbons (Fsp3) is 0.556. The van der Waals surface area contributed by atoms with Gasteiger partial charge in [-0.3, -0.25) is 19.4 Å². The van der Waals surface area contributed by atoms with Crippen LogP contribution in [0.1, 0.15) is 17.9 Å². The zero-order valence-corrected chi connectivity index (χ0v) is 8.28. The van der Waals surface area contributed by atoms with Crippen molar-refractivity contribution in [1.29, 1.82) is 0 Å². The average molecular weight is 195 g/mol. The minimum absolute atomic E-state index is 0.0532. The number of aromatic nitrogens is 2. The summed E-state index contributed by atoms with van der Waals surface area (Å²) in [5, 5.41) is 2.65. The van der Waals surface area contributed by atoms with Gasteiger partial charge >= 0.3 is 0 Å². The van der Waals surface area contributed by atoms with Gasteiger partial charge in [-0.1, -0.05) is 0 Å². The number of rotatable bonds is 1. The van der Waals surface area contributed by atoms with Crippen molar-refractivity contribution in [1.82, 2.24) is 14.7 Å². The van der Waals surface area contributed by atoms with Crippen LogP contribution >= 0.6 is 0 Å². The number of likely N-dealkylation sites (N-methyl/N-ethyl adjacent to an activating group) is 1. The number of hydrogen-bond donors (Lipinski definition) is 1. The van der Waals surface area contributed by atoms with Gasteiger partial charge < -0.3 is 4.90 Å². The Hall–Kier alpha value is -1.52. The molecule has 1 aromatic rings. The molecule has 1 saturated heterocycles. The summed E-state index contributed by atoms with van der Waals surface area (Å²) in [7, 11) is 3.53. The number of carbonyl (C=O) groups is 1. The van der Waals surface area contributed by atoms with E-state index < -0.39 is 0 Å². The fourth-order valence-corrected chi connectivity index (χ4v) is 1.89. The van der Waals surface area contributed by atoms with E-state index in [1.807, 2.05) is 0 Å². The van der Waals surface area contributed by atoms with Gasteiger partial charge in [-0.2, -0.15) is 0 Å². The van der Waals surface area contributed by atoms with E-state index in [2.05, 4.69) is 5.10 Å². The van der Waals surface area contributed by atoms with Gasteiger partial charge in [-0.05, 0) is 0 Å². The summed E-state index contributed by atoms with van der Waals surface area (Å²) >= 11 is 0. The highest BCUT2D eigenvalue weighted by atomic mass is 16.2. The van der Waals surface area contributed by atoms with Crippen LogP contribution in [0.15, 0.2) is 11.0 Å². The Morgan fingerprint density at radius 3 is 2.57 bits per heavy atom. The number of aryl methyl sites for hydroxylation is 1. The molecule has 1 aliphatic rings. The SMILES string of the molecule is CN1CC(c2cn(C)[nH]c2=O)CC1=O. The van der Waals surface area contributed by atoms with Crippen LogP contribution < -0.4 is 5.56 Å². The monoisotopic (exact) mass is 195 g/mol. The molecule has 76 valence electrons. The van der Waals surface area contributed by atoms with Crippen LogP contribution in [0.25, 0.3) is 0 Å². The van der Waals surface area contributed by atoms with Crippen LogP contribution in [0.3, 0.4) is 0 Å².